The topological polar surface area (TPSA) is 339 Å². The van der Waals surface area contributed by atoms with Crippen LogP contribution in [-0.2, 0) is 60.8 Å². The number of carbonyl (C=O) groups excluding carboxylic acids is 9. The summed E-state index contributed by atoms with van der Waals surface area (Å²) in [6, 6.07) is 5.82. The van der Waals surface area contributed by atoms with E-state index in [2.05, 4.69) is 55.2 Å². The lowest BCUT2D eigenvalue weighted by atomic mass is 9.96. The molecule has 21 nitrogen and oxygen atoms in total. The maximum absolute atomic E-state index is 14.0. The molecular weight excluding hydrogens is 913 g/mol. The normalized spacial score (nSPS) is 15.5. The van der Waals surface area contributed by atoms with Crippen LogP contribution in [0.3, 0.4) is 0 Å². The van der Waals surface area contributed by atoms with E-state index in [9.17, 15) is 53.1 Å². The largest absolute Gasteiger partial charge is 0.480 e. The number of amides is 9. The minimum Gasteiger partial charge on any atom is -0.480 e. The molecule has 0 unspecified atom stereocenters. The number of carbonyl (C=O) groups is 10. The van der Waals surface area contributed by atoms with Gasteiger partial charge in [-0.05, 0) is 42.7 Å². The Kier molecular flexibility index (Phi) is 24.4. The van der Waals surface area contributed by atoms with Gasteiger partial charge in [-0.3, -0.25) is 43.2 Å². The molecular formula is C47H70N10O11S. The third-order valence-electron chi connectivity index (χ3n) is 11.1. The van der Waals surface area contributed by atoms with Crippen LogP contribution in [-0.4, -0.2) is 124 Å². The van der Waals surface area contributed by atoms with E-state index in [4.69, 9.17) is 11.5 Å². The van der Waals surface area contributed by atoms with Gasteiger partial charge >= 0.3 is 5.97 Å². The first-order chi connectivity index (χ1) is 32.4. The quantitative estimate of drug-likeness (QED) is 0.0456. The lowest BCUT2D eigenvalue weighted by Gasteiger charge is -2.29. The van der Waals surface area contributed by atoms with E-state index in [1.54, 1.807) is 95.3 Å². The summed E-state index contributed by atoms with van der Waals surface area (Å²) in [5.41, 5.74) is 12.5. The molecule has 380 valence electrons. The third-order valence-corrected chi connectivity index (χ3v) is 11.5. The zero-order valence-electron chi connectivity index (χ0n) is 40.4. The van der Waals surface area contributed by atoms with Crippen molar-refractivity contribution >= 4 is 71.8 Å². The fraction of sp³-hybridized carbons (Fsp3) is 0.532. The lowest BCUT2D eigenvalue weighted by Crippen LogP contribution is -2.62. The van der Waals surface area contributed by atoms with Crippen LogP contribution in [0.15, 0.2) is 60.7 Å². The molecule has 2 rings (SSSR count). The summed E-state index contributed by atoms with van der Waals surface area (Å²) < 4.78 is 0. The summed E-state index contributed by atoms with van der Waals surface area (Å²) in [5.74, 6) is -10.5. The number of nitrogens with one attached hydrogen (secondary N) is 8. The molecule has 0 radical (unpaired) electrons. The van der Waals surface area contributed by atoms with Gasteiger partial charge in [0.25, 0.3) is 0 Å². The minimum absolute atomic E-state index is 0.000311. The first-order valence-electron chi connectivity index (χ1n) is 22.8. The number of benzene rings is 2. The van der Waals surface area contributed by atoms with Crippen molar-refractivity contribution in [3.8, 4) is 0 Å². The summed E-state index contributed by atoms with van der Waals surface area (Å²) in [6.07, 6.45) is -0.279. The summed E-state index contributed by atoms with van der Waals surface area (Å²) in [5, 5.41) is 30.0. The average Bonchev–Trinajstić information content (AvgIpc) is 3.29. The van der Waals surface area contributed by atoms with Gasteiger partial charge in [-0.1, -0.05) is 109 Å². The van der Waals surface area contributed by atoms with Gasteiger partial charge in [0.2, 0.25) is 53.2 Å². The van der Waals surface area contributed by atoms with Crippen LogP contribution in [0.4, 0.5) is 0 Å². The number of carboxylic acid groups (broad SMARTS) is 1. The van der Waals surface area contributed by atoms with Crippen LogP contribution in [0.1, 0.15) is 79.4 Å². The third kappa shape index (κ3) is 19.5. The Morgan fingerprint density at radius 3 is 1.32 bits per heavy atom. The van der Waals surface area contributed by atoms with Gasteiger partial charge in [0.05, 0.1) is 12.5 Å². The molecule has 0 heterocycles. The molecule has 0 aliphatic heterocycles. The van der Waals surface area contributed by atoms with E-state index in [0.717, 1.165) is 0 Å². The highest BCUT2D eigenvalue weighted by atomic mass is 32.1. The number of primary amides is 1. The summed E-state index contributed by atoms with van der Waals surface area (Å²) >= 11 is 4.22. The predicted octanol–water partition coefficient (Wildman–Crippen LogP) is -1.03. The van der Waals surface area contributed by atoms with E-state index in [1.165, 1.54) is 13.8 Å². The molecule has 0 aliphatic carbocycles. The molecule has 13 N–H and O–H groups in total. The van der Waals surface area contributed by atoms with Gasteiger partial charge in [-0.15, -0.1) is 0 Å². The highest BCUT2D eigenvalue weighted by Gasteiger charge is 2.36. The fourth-order valence-electron chi connectivity index (χ4n) is 6.74. The monoisotopic (exact) mass is 982 g/mol. The predicted molar refractivity (Wildman–Crippen MR) is 259 cm³/mol. The first-order valence-corrected chi connectivity index (χ1v) is 23.4. The second-order valence-electron chi connectivity index (χ2n) is 17.7. The number of rotatable bonds is 28. The van der Waals surface area contributed by atoms with Crippen molar-refractivity contribution in [2.45, 2.75) is 135 Å². The molecule has 0 saturated carbocycles. The smallest absolute Gasteiger partial charge is 0.326 e. The molecule has 10 atom stereocenters. The van der Waals surface area contributed by atoms with Gasteiger partial charge < -0.3 is 59.1 Å². The van der Waals surface area contributed by atoms with Crippen molar-refractivity contribution in [1.82, 2.24) is 42.5 Å². The second-order valence-corrected chi connectivity index (χ2v) is 18.0. The van der Waals surface area contributed by atoms with Crippen molar-refractivity contribution in [3.63, 3.8) is 0 Å². The minimum atomic E-state index is -1.67. The fourth-order valence-corrected chi connectivity index (χ4v) is 6.99. The average molecular weight is 983 g/mol. The van der Waals surface area contributed by atoms with Crippen molar-refractivity contribution < 1.29 is 53.1 Å². The molecule has 0 fully saturated rings. The maximum atomic E-state index is 14.0. The van der Waals surface area contributed by atoms with E-state index >= 15 is 0 Å². The van der Waals surface area contributed by atoms with Gasteiger partial charge in [0.15, 0.2) is 0 Å². The van der Waals surface area contributed by atoms with Crippen molar-refractivity contribution in [3.05, 3.63) is 71.8 Å². The molecule has 0 spiro atoms. The maximum Gasteiger partial charge on any atom is 0.326 e. The summed E-state index contributed by atoms with van der Waals surface area (Å²) in [4.78, 5) is 132. The van der Waals surface area contributed by atoms with Gasteiger partial charge in [-0.2, -0.15) is 12.6 Å². The molecule has 9 amide bonds. The van der Waals surface area contributed by atoms with Crippen molar-refractivity contribution in [1.29, 1.82) is 0 Å². The van der Waals surface area contributed by atoms with Crippen LogP contribution in [0, 0.1) is 17.8 Å². The number of aliphatic carboxylic acids is 1. The number of carboxylic acids is 1. The summed E-state index contributed by atoms with van der Waals surface area (Å²) in [7, 11) is 0. The molecule has 2 aromatic rings. The van der Waals surface area contributed by atoms with Crippen molar-refractivity contribution in [2.75, 3.05) is 5.75 Å². The molecule has 0 saturated heterocycles. The molecule has 0 bridgehead atoms. The zero-order valence-corrected chi connectivity index (χ0v) is 41.3. The van der Waals surface area contributed by atoms with Crippen LogP contribution in [0.2, 0.25) is 0 Å². The molecule has 22 heteroatoms. The number of hydrogen-bond acceptors (Lipinski definition) is 12. The second kappa shape index (κ2) is 28.7. The van der Waals surface area contributed by atoms with Gasteiger partial charge in [0.1, 0.15) is 48.3 Å². The zero-order chi connectivity index (χ0) is 52.1. The van der Waals surface area contributed by atoms with Crippen molar-refractivity contribution in [2.24, 2.45) is 29.2 Å². The number of nitrogens with two attached hydrogens (primary N) is 2. The number of hydrogen-bond donors (Lipinski definition) is 12. The van der Waals surface area contributed by atoms with Crippen LogP contribution >= 0.6 is 12.6 Å². The highest BCUT2D eigenvalue weighted by molar-refractivity contribution is 7.80. The van der Waals surface area contributed by atoms with E-state index in [-0.39, 0.29) is 24.5 Å². The van der Waals surface area contributed by atoms with Crippen LogP contribution in [0.5, 0.6) is 0 Å². The molecule has 69 heavy (non-hydrogen) atoms. The Morgan fingerprint density at radius 1 is 0.507 bits per heavy atom. The standard InChI is InChI=1S/C47H70N10O11S/c1-9-26(6)38(57-39(59)27(7)48)46(66)53-32(21-30-18-14-11-15-19-30)42(62)55-36(24(2)3)45(65)54-34(23-69)44(64)52-33(22-35(49)58)41(61)50-28(8)40(60)51-31(20-29-16-12-10-13-17-29)43(63)56-37(25(4)5)47(67)68/h10-19,24-28,31-34,36-38,69H,9,20-23,48H2,1-8H3,(H2,49,58)(H,50,61)(H,51,60)(H,52,64)(H,53,66)(H,54,65)(H,55,62)(H,56,63)(H,57,59)(H,67,68)/t26-,27-,28-,31-,32-,33-,34-,36-,37-,38-/m0/s1. The Bertz CT molecular complexity index is 2090. The van der Waals surface area contributed by atoms with E-state index < -0.39 is 132 Å². The molecule has 2 aromatic carbocycles. The highest BCUT2D eigenvalue weighted by Crippen LogP contribution is 2.13. The van der Waals surface area contributed by atoms with Gasteiger partial charge in [0, 0.05) is 18.6 Å². The summed E-state index contributed by atoms with van der Waals surface area (Å²) in [6.45, 7) is 12.8. The van der Waals surface area contributed by atoms with Gasteiger partial charge in [-0.25, -0.2) is 4.79 Å². The first kappa shape index (κ1) is 58.6. The number of thiol groups is 1. The van der Waals surface area contributed by atoms with Crippen LogP contribution in [0.25, 0.3) is 0 Å². The van der Waals surface area contributed by atoms with Crippen LogP contribution < -0.4 is 54.0 Å². The van der Waals surface area contributed by atoms with E-state index in [1.807, 2.05) is 6.92 Å². The Hall–Kier alpha value is -6.55. The van der Waals surface area contributed by atoms with E-state index in [0.29, 0.717) is 17.5 Å². The molecule has 0 aromatic heterocycles. The SMILES string of the molecule is CC[C@H](C)[C@H](NC(=O)[C@H](C)N)C(=O)N[C@@H](Cc1ccccc1)C(=O)N[C@H](C(=O)N[C@@H](CS)C(=O)N[C@@H](CC(N)=O)C(=O)N[C@@H](C)C(=O)N[C@@H](Cc1ccccc1)C(=O)N[C@H](C(=O)O)C(C)C)C(C)C. The molecule has 0 aliphatic rings. The Balaban J connectivity index is 2.28. The Labute approximate surface area is 408 Å². The lowest BCUT2D eigenvalue weighted by molar-refractivity contribution is -0.143. The Morgan fingerprint density at radius 2 is 0.899 bits per heavy atom.